The van der Waals surface area contributed by atoms with Crippen LogP contribution in [0.5, 0.6) is 0 Å². The molecule has 1 atom stereocenters. The van der Waals surface area contributed by atoms with Gasteiger partial charge >= 0.3 is 5.97 Å². The van der Waals surface area contributed by atoms with Crippen molar-refractivity contribution in [2.24, 2.45) is 0 Å². The summed E-state index contributed by atoms with van der Waals surface area (Å²) in [5.74, 6) is -1.44. The molecule has 0 spiro atoms. The van der Waals surface area contributed by atoms with E-state index in [0.29, 0.717) is 28.8 Å². The highest BCUT2D eigenvalue weighted by molar-refractivity contribution is 6.35. The predicted molar refractivity (Wildman–Crippen MR) is 84.1 cm³/mol. The summed E-state index contributed by atoms with van der Waals surface area (Å²) >= 11 is 11.8. The molecule has 0 bridgehead atoms. The molecule has 1 aromatic rings. The fourth-order valence-electron chi connectivity index (χ4n) is 2.01. The van der Waals surface area contributed by atoms with Crippen LogP contribution in [0, 0.1) is 0 Å². The summed E-state index contributed by atoms with van der Waals surface area (Å²) < 4.78 is 0. The van der Waals surface area contributed by atoms with E-state index in [1.807, 2.05) is 13.8 Å². The van der Waals surface area contributed by atoms with Gasteiger partial charge in [-0.15, -0.1) is 0 Å². The third-order valence-corrected chi connectivity index (χ3v) is 3.68. The minimum absolute atomic E-state index is 0.153. The largest absolute Gasteiger partial charge is 0.480 e. The van der Waals surface area contributed by atoms with Crippen molar-refractivity contribution in [1.82, 2.24) is 4.90 Å². The molecule has 0 aliphatic rings. The summed E-state index contributed by atoms with van der Waals surface area (Å²) in [5.41, 5.74) is 0.373. The molecule has 0 heterocycles. The number of rotatable bonds is 7. The summed E-state index contributed by atoms with van der Waals surface area (Å²) in [6.07, 6.45) is -0.153. The van der Waals surface area contributed by atoms with Gasteiger partial charge in [0.1, 0.15) is 6.04 Å². The van der Waals surface area contributed by atoms with E-state index >= 15 is 0 Å². The molecule has 1 rings (SSSR count). The molecule has 1 aromatic carbocycles. The smallest absolute Gasteiger partial charge is 0.321 e. The Labute approximate surface area is 133 Å². The first-order chi connectivity index (χ1) is 9.88. The van der Waals surface area contributed by atoms with Crippen LogP contribution in [-0.4, -0.2) is 41.0 Å². The van der Waals surface area contributed by atoms with Gasteiger partial charge in [-0.25, -0.2) is 0 Å². The zero-order valence-electron chi connectivity index (χ0n) is 11.9. The van der Waals surface area contributed by atoms with Crippen molar-refractivity contribution in [3.63, 3.8) is 0 Å². The number of hydrogen-bond acceptors (Lipinski definition) is 3. The molecular weight excluding hydrogens is 315 g/mol. The Kier molecular flexibility index (Phi) is 6.95. The van der Waals surface area contributed by atoms with Gasteiger partial charge in [-0.2, -0.15) is 0 Å². The van der Waals surface area contributed by atoms with E-state index in [1.165, 1.54) is 6.07 Å². The molecule has 0 radical (unpaired) electrons. The van der Waals surface area contributed by atoms with E-state index in [2.05, 4.69) is 5.32 Å². The maximum atomic E-state index is 12.0. The second kappa shape index (κ2) is 8.22. The van der Waals surface area contributed by atoms with Crippen LogP contribution in [0.2, 0.25) is 10.0 Å². The van der Waals surface area contributed by atoms with Crippen molar-refractivity contribution in [1.29, 1.82) is 0 Å². The van der Waals surface area contributed by atoms with E-state index in [-0.39, 0.29) is 6.42 Å². The van der Waals surface area contributed by atoms with Gasteiger partial charge in [0.2, 0.25) is 5.91 Å². The Morgan fingerprint density at radius 2 is 1.90 bits per heavy atom. The van der Waals surface area contributed by atoms with E-state index < -0.39 is 17.9 Å². The van der Waals surface area contributed by atoms with Crippen LogP contribution in [0.1, 0.15) is 20.3 Å². The number of amides is 1. The average Bonchev–Trinajstić information content (AvgIpc) is 2.43. The van der Waals surface area contributed by atoms with Gasteiger partial charge in [-0.3, -0.25) is 14.5 Å². The molecule has 0 aromatic heterocycles. The summed E-state index contributed by atoms with van der Waals surface area (Å²) in [5, 5.41) is 12.6. The number of benzene rings is 1. The molecular formula is C14H18Cl2N2O3. The molecule has 0 saturated heterocycles. The maximum Gasteiger partial charge on any atom is 0.321 e. The monoisotopic (exact) mass is 332 g/mol. The Bertz CT molecular complexity index is 519. The first-order valence-electron chi connectivity index (χ1n) is 6.60. The van der Waals surface area contributed by atoms with Crippen molar-refractivity contribution >= 4 is 40.8 Å². The molecule has 0 aliphatic carbocycles. The van der Waals surface area contributed by atoms with Crippen molar-refractivity contribution in [3.05, 3.63) is 28.2 Å². The maximum absolute atomic E-state index is 12.0. The fourth-order valence-corrected chi connectivity index (χ4v) is 2.34. The van der Waals surface area contributed by atoms with Crippen molar-refractivity contribution < 1.29 is 14.7 Å². The number of nitrogens with one attached hydrogen (secondary N) is 1. The number of nitrogens with zero attached hydrogens (tertiary/aromatic N) is 1. The average molecular weight is 333 g/mol. The van der Waals surface area contributed by atoms with Crippen LogP contribution in [0.25, 0.3) is 0 Å². The van der Waals surface area contributed by atoms with E-state index in [1.54, 1.807) is 17.0 Å². The third kappa shape index (κ3) is 5.19. The SMILES string of the molecule is CCN(CC)C(CC(=O)Nc1cc(Cl)ccc1Cl)C(=O)O. The highest BCUT2D eigenvalue weighted by Gasteiger charge is 2.26. The molecule has 0 fully saturated rings. The highest BCUT2D eigenvalue weighted by Crippen LogP contribution is 2.25. The predicted octanol–water partition coefficient (Wildman–Crippen LogP) is 3.12. The van der Waals surface area contributed by atoms with Gasteiger partial charge in [0.25, 0.3) is 0 Å². The number of hydrogen-bond donors (Lipinski definition) is 2. The summed E-state index contributed by atoms with van der Waals surface area (Å²) in [6.45, 7) is 4.81. The van der Waals surface area contributed by atoms with Crippen LogP contribution in [0.4, 0.5) is 5.69 Å². The molecule has 2 N–H and O–H groups in total. The van der Waals surface area contributed by atoms with Crippen LogP contribution >= 0.6 is 23.2 Å². The number of anilines is 1. The Hall–Kier alpha value is -1.30. The number of carbonyl (C=O) groups excluding carboxylic acids is 1. The number of carboxylic acids is 1. The van der Waals surface area contributed by atoms with Gasteiger partial charge in [-0.1, -0.05) is 37.0 Å². The van der Waals surface area contributed by atoms with Gasteiger partial charge < -0.3 is 10.4 Å². The molecule has 5 nitrogen and oxygen atoms in total. The highest BCUT2D eigenvalue weighted by atomic mass is 35.5. The summed E-state index contributed by atoms with van der Waals surface area (Å²) in [6, 6.07) is 3.83. The lowest BCUT2D eigenvalue weighted by Crippen LogP contribution is -2.43. The molecule has 1 unspecified atom stereocenters. The summed E-state index contributed by atoms with van der Waals surface area (Å²) in [4.78, 5) is 25.0. The van der Waals surface area contributed by atoms with Crippen LogP contribution in [0.15, 0.2) is 18.2 Å². The quantitative estimate of drug-likeness (QED) is 0.804. The number of carboxylic acid groups (broad SMARTS) is 1. The van der Waals surface area contributed by atoms with Crippen molar-refractivity contribution in [2.45, 2.75) is 26.3 Å². The van der Waals surface area contributed by atoms with Gasteiger partial charge in [0, 0.05) is 5.02 Å². The fraction of sp³-hybridized carbons (Fsp3) is 0.429. The summed E-state index contributed by atoms with van der Waals surface area (Å²) in [7, 11) is 0. The lowest BCUT2D eigenvalue weighted by atomic mass is 10.1. The van der Waals surface area contributed by atoms with E-state index in [4.69, 9.17) is 23.2 Å². The first kappa shape index (κ1) is 17.8. The number of likely N-dealkylation sites (N-methyl/N-ethyl adjacent to an activating group) is 1. The Morgan fingerprint density at radius 1 is 1.29 bits per heavy atom. The lowest BCUT2D eigenvalue weighted by molar-refractivity contribution is -0.145. The van der Waals surface area contributed by atoms with Gasteiger partial charge in [0.15, 0.2) is 0 Å². The number of halogens is 2. The zero-order valence-corrected chi connectivity index (χ0v) is 13.4. The normalized spacial score (nSPS) is 12.2. The van der Waals surface area contributed by atoms with Gasteiger partial charge in [-0.05, 0) is 31.3 Å². The Morgan fingerprint density at radius 3 is 2.43 bits per heavy atom. The van der Waals surface area contributed by atoms with E-state index in [0.717, 1.165) is 0 Å². The Balaban J connectivity index is 2.78. The van der Waals surface area contributed by atoms with Crippen LogP contribution < -0.4 is 5.32 Å². The van der Waals surface area contributed by atoms with Crippen LogP contribution in [0.3, 0.4) is 0 Å². The molecule has 116 valence electrons. The minimum atomic E-state index is -1.02. The van der Waals surface area contributed by atoms with E-state index in [9.17, 15) is 14.7 Å². The second-order valence-corrected chi connectivity index (χ2v) is 5.30. The molecule has 7 heteroatoms. The lowest BCUT2D eigenvalue weighted by Gasteiger charge is -2.25. The first-order valence-corrected chi connectivity index (χ1v) is 7.36. The number of aliphatic carboxylic acids is 1. The van der Waals surface area contributed by atoms with Crippen molar-refractivity contribution in [2.75, 3.05) is 18.4 Å². The minimum Gasteiger partial charge on any atom is -0.480 e. The van der Waals surface area contributed by atoms with Crippen LogP contribution in [-0.2, 0) is 9.59 Å². The van der Waals surface area contributed by atoms with Crippen molar-refractivity contribution in [3.8, 4) is 0 Å². The molecule has 21 heavy (non-hydrogen) atoms. The topological polar surface area (TPSA) is 69.6 Å². The molecule has 0 aliphatic heterocycles. The molecule has 1 amide bonds. The second-order valence-electron chi connectivity index (χ2n) is 4.45. The third-order valence-electron chi connectivity index (χ3n) is 3.12. The number of carbonyl (C=O) groups is 2. The zero-order chi connectivity index (χ0) is 16.0. The molecule has 0 saturated carbocycles. The van der Waals surface area contributed by atoms with Gasteiger partial charge in [0.05, 0.1) is 17.1 Å². The standard InChI is InChI=1S/C14H18Cl2N2O3/c1-3-18(4-2)12(14(20)21)8-13(19)17-11-7-9(15)5-6-10(11)16/h5-7,12H,3-4,8H2,1-2H3,(H,17,19)(H,20,21).